The lowest BCUT2D eigenvalue weighted by Gasteiger charge is -2.13. The van der Waals surface area contributed by atoms with Crippen LogP contribution in [-0.4, -0.2) is 30.5 Å². The Morgan fingerprint density at radius 3 is 2.81 bits per heavy atom. The van der Waals surface area contributed by atoms with Gasteiger partial charge in [0.2, 0.25) is 0 Å². The first-order chi connectivity index (χ1) is 12.5. The highest BCUT2D eigenvalue weighted by Gasteiger charge is 2.13. The molecule has 0 atom stereocenters. The Kier molecular flexibility index (Phi) is 7.99. The molecule has 0 saturated heterocycles. The molecule has 0 aromatic heterocycles. The van der Waals surface area contributed by atoms with E-state index in [-0.39, 0.29) is 0 Å². The van der Waals surface area contributed by atoms with Crippen molar-refractivity contribution < 1.29 is 19.4 Å². The summed E-state index contributed by atoms with van der Waals surface area (Å²) in [6.45, 7) is 2.36. The number of halogens is 2. The predicted octanol–water partition coefficient (Wildman–Crippen LogP) is 3.93. The van der Waals surface area contributed by atoms with Crippen LogP contribution in [0.1, 0.15) is 18.1 Å². The van der Waals surface area contributed by atoms with E-state index in [0.29, 0.717) is 29.7 Å². The van der Waals surface area contributed by atoms with Crippen LogP contribution in [0, 0.1) is 3.57 Å². The van der Waals surface area contributed by atoms with Gasteiger partial charge in [-0.25, -0.2) is 4.79 Å². The number of hydrogen-bond donors (Lipinski definition) is 2. The summed E-state index contributed by atoms with van der Waals surface area (Å²) in [6.07, 6.45) is 1.66. The molecule has 0 spiro atoms. The van der Waals surface area contributed by atoms with Crippen LogP contribution in [0.25, 0.3) is 0 Å². The molecule has 0 saturated carbocycles. The lowest BCUT2D eigenvalue weighted by atomic mass is 10.2. The molecular weight excluding hydrogens is 471 g/mol. The number of hydrogen-bond acceptors (Lipinski definition) is 5. The lowest BCUT2D eigenvalue weighted by Crippen LogP contribution is -2.11. The highest BCUT2D eigenvalue weighted by atomic mass is 127. The minimum atomic E-state index is -1.04. The first kappa shape index (κ1) is 20.3. The van der Waals surface area contributed by atoms with E-state index in [4.69, 9.17) is 26.2 Å². The Bertz CT molecular complexity index is 799. The van der Waals surface area contributed by atoms with E-state index < -0.39 is 12.6 Å². The fourth-order valence-electron chi connectivity index (χ4n) is 2.09. The Morgan fingerprint density at radius 1 is 1.35 bits per heavy atom. The molecule has 2 rings (SSSR count). The minimum Gasteiger partial charge on any atom is -0.490 e. The molecule has 0 unspecified atom stereocenters. The SMILES string of the molecule is CCOc1cc(/C=N\NCc2ccccc2Cl)cc(I)c1OCC(=O)O. The van der Waals surface area contributed by atoms with Gasteiger partial charge >= 0.3 is 5.97 Å². The highest BCUT2D eigenvalue weighted by Crippen LogP contribution is 2.33. The third-order valence-electron chi connectivity index (χ3n) is 3.20. The molecule has 2 N–H and O–H groups in total. The molecule has 0 aliphatic heterocycles. The molecule has 0 aliphatic rings. The monoisotopic (exact) mass is 488 g/mol. The van der Waals surface area contributed by atoms with Crippen molar-refractivity contribution in [3.8, 4) is 11.5 Å². The van der Waals surface area contributed by atoms with Crippen molar-refractivity contribution in [2.45, 2.75) is 13.5 Å². The predicted molar refractivity (Wildman–Crippen MR) is 109 cm³/mol. The minimum absolute atomic E-state index is 0.413. The number of carbonyl (C=O) groups is 1. The Morgan fingerprint density at radius 2 is 2.12 bits per heavy atom. The zero-order chi connectivity index (χ0) is 18.9. The number of rotatable bonds is 9. The van der Waals surface area contributed by atoms with Crippen LogP contribution in [0.3, 0.4) is 0 Å². The van der Waals surface area contributed by atoms with Crippen LogP contribution in [0.15, 0.2) is 41.5 Å². The Balaban J connectivity index is 2.08. The number of carboxylic acids is 1. The molecule has 26 heavy (non-hydrogen) atoms. The van der Waals surface area contributed by atoms with Crippen molar-refractivity contribution in [2.24, 2.45) is 5.10 Å². The van der Waals surface area contributed by atoms with Gasteiger partial charge < -0.3 is 20.0 Å². The topological polar surface area (TPSA) is 80.1 Å². The summed E-state index contributed by atoms with van der Waals surface area (Å²) in [5, 5.41) is 13.7. The van der Waals surface area contributed by atoms with Gasteiger partial charge in [0.1, 0.15) is 0 Å². The van der Waals surface area contributed by atoms with Gasteiger partial charge in [0.05, 0.1) is 22.9 Å². The number of nitrogens with one attached hydrogen (secondary N) is 1. The van der Waals surface area contributed by atoms with E-state index in [2.05, 4.69) is 33.1 Å². The van der Waals surface area contributed by atoms with Crippen molar-refractivity contribution in [1.82, 2.24) is 5.43 Å². The van der Waals surface area contributed by atoms with E-state index in [1.54, 1.807) is 12.3 Å². The zero-order valence-corrected chi connectivity index (χ0v) is 17.0. The molecule has 2 aromatic carbocycles. The van der Waals surface area contributed by atoms with Gasteiger partial charge in [0.25, 0.3) is 0 Å². The largest absolute Gasteiger partial charge is 0.490 e. The summed E-state index contributed by atoms with van der Waals surface area (Å²) < 4.78 is 11.6. The van der Waals surface area contributed by atoms with Crippen molar-refractivity contribution in [3.05, 3.63) is 56.1 Å². The van der Waals surface area contributed by atoms with Gasteiger partial charge in [0, 0.05) is 5.02 Å². The average molecular weight is 489 g/mol. The summed E-state index contributed by atoms with van der Waals surface area (Å²) in [6, 6.07) is 11.1. The van der Waals surface area contributed by atoms with E-state index >= 15 is 0 Å². The summed E-state index contributed by atoms with van der Waals surface area (Å²) in [5.41, 5.74) is 4.70. The molecule has 138 valence electrons. The molecule has 8 heteroatoms. The zero-order valence-electron chi connectivity index (χ0n) is 14.0. The first-order valence-corrected chi connectivity index (χ1v) is 9.27. The fraction of sp³-hybridized carbons (Fsp3) is 0.222. The van der Waals surface area contributed by atoms with Gasteiger partial charge in [0.15, 0.2) is 18.1 Å². The highest BCUT2D eigenvalue weighted by molar-refractivity contribution is 14.1. The molecule has 0 bridgehead atoms. The second kappa shape index (κ2) is 10.2. The smallest absolute Gasteiger partial charge is 0.341 e. The van der Waals surface area contributed by atoms with Crippen molar-refractivity contribution >= 4 is 46.4 Å². The molecule has 6 nitrogen and oxygen atoms in total. The maximum Gasteiger partial charge on any atom is 0.341 e. The second-order valence-corrected chi connectivity index (χ2v) is 6.70. The normalized spacial score (nSPS) is 10.7. The average Bonchev–Trinajstić information content (AvgIpc) is 2.59. The molecule has 2 aromatic rings. The van der Waals surface area contributed by atoms with Crippen molar-refractivity contribution in [1.29, 1.82) is 0 Å². The number of aliphatic carboxylic acids is 1. The van der Waals surface area contributed by atoms with E-state index in [1.165, 1.54) is 0 Å². The fourth-order valence-corrected chi connectivity index (χ4v) is 3.08. The van der Waals surface area contributed by atoms with Gasteiger partial charge in [-0.1, -0.05) is 29.8 Å². The number of carboxylic acid groups (broad SMARTS) is 1. The lowest BCUT2D eigenvalue weighted by molar-refractivity contribution is -0.139. The van der Waals surface area contributed by atoms with E-state index in [9.17, 15) is 4.79 Å². The van der Waals surface area contributed by atoms with E-state index in [1.807, 2.05) is 37.3 Å². The van der Waals surface area contributed by atoms with Crippen LogP contribution in [0.5, 0.6) is 11.5 Å². The van der Waals surface area contributed by atoms with Crippen LogP contribution in [0.2, 0.25) is 5.02 Å². The number of benzene rings is 2. The quantitative estimate of drug-likeness (QED) is 0.318. The summed E-state index contributed by atoms with van der Waals surface area (Å²) in [5.74, 6) is -0.151. The number of nitrogens with zero attached hydrogens (tertiary/aromatic N) is 1. The van der Waals surface area contributed by atoms with Gasteiger partial charge in [-0.05, 0) is 58.8 Å². The number of hydrazone groups is 1. The maximum atomic E-state index is 10.7. The van der Waals surface area contributed by atoms with Gasteiger partial charge in [-0.2, -0.15) is 5.10 Å². The molecule has 0 heterocycles. The van der Waals surface area contributed by atoms with Crippen LogP contribution >= 0.6 is 34.2 Å². The van der Waals surface area contributed by atoms with Gasteiger partial charge in [-0.15, -0.1) is 0 Å². The summed E-state index contributed by atoms with van der Waals surface area (Å²) in [4.78, 5) is 10.7. The molecule has 0 radical (unpaired) electrons. The van der Waals surface area contributed by atoms with Crippen molar-refractivity contribution in [3.63, 3.8) is 0 Å². The molecule has 0 fully saturated rings. The summed E-state index contributed by atoms with van der Waals surface area (Å²) >= 11 is 8.18. The third kappa shape index (κ3) is 6.06. The van der Waals surface area contributed by atoms with Crippen LogP contribution in [-0.2, 0) is 11.3 Å². The maximum absolute atomic E-state index is 10.7. The molecule has 0 amide bonds. The van der Waals surface area contributed by atoms with Crippen LogP contribution < -0.4 is 14.9 Å². The Hall–Kier alpha value is -2.00. The number of ether oxygens (including phenoxy) is 2. The standard InChI is InChI=1S/C18H18ClIN2O4/c1-2-25-16-8-12(7-15(20)18(16)26-11-17(23)24)9-21-22-10-13-5-3-4-6-14(13)19/h3-9,22H,2,10-11H2,1H3,(H,23,24)/b21-9-. The second-order valence-electron chi connectivity index (χ2n) is 5.13. The van der Waals surface area contributed by atoms with E-state index in [0.717, 1.165) is 14.7 Å². The van der Waals surface area contributed by atoms with Crippen molar-refractivity contribution in [2.75, 3.05) is 13.2 Å². The third-order valence-corrected chi connectivity index (χ3v) is 4.37. The summed E-state index contributed by atoms with van der Waals surface area (Å²) in [7, 11) is 0. The van der Waals surface area contributed by atoms with Gasteiger partial charge in [-0.3, -0.25) is 0 Å². The molecular formula is C18H18ClIN2O4. The Labute approximate surface area is 170 Å². The van der Waals surface area contributed by atoms with Crippen LogP contribution in [0.4, 0.5) is 0 Å². The molecule has 0 aliphatic carbocycles. The first-order valence-electron chi connectivity index (χ1n) is 7.81.